The Morgan fingerprint density at radius 2 is 1.95 bits per heavy atom. The van der Waals surface area contributed by atoms with Crippen LogP contribution in [-0.2, 0) is 19.9 Å². The Morgan fingerprint density at radius 3 is 2.42 bits per heavy atom. The maximum Gasteiger partial charge on any atom is 0.217 e. The van der Waals surface area contributed by atoms with E-state index in [1.807, 2.05) is 0 Å². The summed E-state index contributed by atoms with van der Waals surface area (Å²) in [5, 5.41) is 2.67. The Bertz CT molecular complexity index is 525. The Morgan fingerprint density at radius 1 is 1.32 bits per heavy atom. The molecule has 1 aliphatic carbocycles. The fourth-order valence-electron chi connectivity index (χ4n) is 2.28. The van der Waals surface area contributed by atoms with Gasteiger partial charge in [0.2, 0.25) is 10.0 Å². The van der Waals surface area contributed by atoms with Crippen LogP contribution < -0.4 is 5.32 Å². The first-order valence-corrected chi connectivity index (χ1v) is 9.95. The van der Waals surface area contributed by atoms with E-state index in [4.69, 9.17) is 0 Å². The van der Waals surface area contributed by atoms with Crippen LogP contribution in [0.25, 0.3) is 0 Å². The van der Waals surface area contributed by atoms with Gasteiger partial charge in [-0.1, -0.05) is 0 Å². The van der Waals surface area contributed by atoms with E-state index in [1.165, 1.54) is 11.4 Å². The third kappa shape index (κ3) is 3.68. The van der Waals surface area contributed by atoms with Crippen molar-refractivity contribution in [3.63, 3.8) is 0 Å². The monoisotopic (exact) mass is 310 g/mol. The maximum absolute atomic E-state index is 12.4. The Labute approximate surface area is 115 Å². The number of rotatable bonds is 6. The molecule has 112 valence electrons. The smallest absolute Gasteiger partial charge is 0.217 e. The molecule has 2 rings (SSSR count). The van der Waals surface area contributed by atoms with Crippen molar-refractivity contribution in [2.75, 3.05) is 25.1 Å². The van der Waals surface area contributed by atoms with Crippen LogP contribution in [0.1, 0.15) is 26.2 Å². The van der Waals surface area contributed by atoms with Gasteiger partial charge in [0, 0.05) is 25.7 Å². The molecule has 6 nitrogen and oxygen atoms in total. The first-order chi connectivity index (χ1) is 8.72. The highest BCUT2D eigenvalue weighted by Crippen LogP contribution is 2.22. The summed E-state index contributed by atoms with van der Waals surface area (Å²) in [6.07, 6.45) is 2.63. The molecular formula is C11H22N2O4S2. The zero-order valence-corrected chi connectivity index (χ0v) is 13.0. The van der Waals surface area contributed by atoms with Crippen LogP contribution in [0.4, 0.5) is 0 Å². The summed E-state index contributed by atoms with van der Waals surface area (Å²) in [7, 11) is -5.00. The molecule has 0 amide bonds. The van der Waals surface area contributed by atoms with Crippen LogP contribution in [0, 0.1) is 0 Å². The van der Waals surface area contributed by atoms with Gasteiger partial charge < -0.3 is 5.32 Å². The van der Waals surface area contributed by atoms with Crippen molar-refractivity contribution in [1.29, 1.82) is 0 Å². The molecular weight excluding hydrogens is 288 g/mol. The molecule has 0 aromatic rings. The van der Waals surface area contributed by atoms with Crippen molar-refractivity contribution in [2.45, 2.75) is 43.5 Å². The number of sulfone groups is 1. The summed E-state index contributed by atoms with van der Waals surface area (Å²) in [5.41, 5.74) is 0. The van der Waals surface area contributed by atoms with Crippen LogP contribution in [0.15, 0.2) is 0 Å². The molecule has 0 spiro atoms. The van der Waals surface area contributed by atoms with Gasteiger partial charge in [0.15, 0.2) is 9.84 Å². The van der Waals surface area contributed by atoms with Gasteiger partial charge in [-0.25, -0.2) is 21.1 Å². The predicted molar refractivity (Wildman–Crippen MR) is 74.2 cm³/mol. The van der Waals surface area contributed by atoms with Crippen molar-refractivity contribution >= 4 is 19.9 Å². The van der Waals surface area contributed by atoms with Crippen molar-refractivity contribution in [2.24, 2.45) is 0 Å². The first kappa shape index (κ1) is 15.2. The molecule has 2 fully saturated rings. The maximum atomic E-state index is 12.4. The Hall–Kier alpha value is -0.180. The lowest BCUT2D eigenvalue weighted by Gasteiger charge is -2.26. The zero-order chi connectivity index (χ0) is 14.3. The highest BCUT2D eigenvalue weighted by Gasteiger charge is 2.38. The molecule has 1 saturated carbocycles. The quantitative estimate of drug-likeness (QED) is 0.720. The minimum Gasteiger partial charge on any atom is -0.313 e. The van der Waals surface area contributed by atoms with Gasteiger partial charge in [-0.05, 0) is 26.2 Å². The second-order valence-corrected chi connectivity index (χ2v) is 10.3. The highest BCUT2D eigenvalue weighted by molar-refractivity contribution is 7.92. The van der Waals surface area contributed by atoms with E-state index < -0.39 is 31.2 Å². The van der Waals surface area contributed by atoms with Crippen molar-refractivity contribution < 1.29 is 16.8 Å². The minimum absolute atomic E-state index is 0.0501. The molecule has 1 saturated heterocycles. The fraction of sp³-hybridized carbons (Fsp3) is 1.00. The van der Waals surface area contributed by atoms with Gasteiger partial charge in [-0.2, -0.15) is 0 Å². The lowest BCUT2D eigenvalue weighted by molar-refractivity contribution is 0.387. The first-order valence-electron chi connectivity index (χ1n) is 6.63. The second kappa shape index (κ2) is 5.31. The molecule has 8 heteroatoms. The van der Waals surface area contributed by atoms with Crippen molar-refractivity contribution in [3.05, 3.63) is 0 Å². The van der Waals surface area contributed by atoms with E-state index in [1.54, 1.807) is 6.92 Å². The van der Waals surface area contributed by atoms with Crippen LogP contribution >= 0.6 is 0 Å². The summed E-state index contributed by atoms with van der Waals surface area (Å²) in [4.78, 5) is 0. The minimum atomic E-state index is -3.43. The molecule has 2 aliphatic rings. The number of hydrogen-bond acceptors (Lipinski definition) is 5. The lowest BCUT2D eigenvalue weighted by Crippen LogP contribution is -2.45. The second-order valence-electron chi connectivity index (χ2n) is 5.61. The van der Waals surface area contributed by atoms with Gasteiger partial charge in [-0.3, -0.25) is 0 Å². The highest BCUT2D eigenvalue weighted by atomic mass is 32.2. The molecule has 0 radical (unpaired) electrons. The number of nitrogens with zero attached hydrogens (tertiary/aromatic N) is 1. The van der Waals surface area contributed by atoms with Crippen molar-refractivity contribution in [3.8, 4) is 0 Å². The van der Waals surface area contributed by atoms with Crippen LogP contribution in [0.3, 0.4) is 0 Å². The largest absolute Gasteiger partial charge is 0.313 e. The molecule has 19 heavy (non-hydrogen) atoms. The molecule has 2 unspecified atom stereocenters. The third-order valence-electron chi connectivity index (χ3n) is 3.90. The van der Waals surface area contributed by atoms with Crippen LogP contribution in [-0.4, -0.2) is 63.6 Å². The van der Waals surface area contributed by atoms with E-state index in [-0.39, 0.29) is 11.5 Å². The van der Waals surface area contributed by atoms with Gasteiger partial charge in [0.1, 0.15) is 0 Å². The summed E-state index contributed by atoms with van der Waals surface area (Å²) >= 11 is 0. The molecule has 1 aliphatic heterocycles. The van der Waals surface area contributed by atoms with Gasteiger partial charge in [-0.15, -0.1) is 0 Å². The SMILES string of the molecule is CC(CNC1CC1)S(=O)(=O)N(C)C1CCS(=O)(=O)C1. The standard InChI is InChI=1S/C11H22N2O4S2/c1-9(7-12-10-3-4-10)19(16,17)13(2)11-5-6-18(14,15)8-11/h9-12H,3-8H2,1-2H3. The average Bonchev–Trinajstić information content (AvgIpc) is 3.08. The lowest BCUT2D eigenvalue weighted by atomic mass is 10.3. The number of sulfonamides is 1. The van der Waals surface area contributed by atoms with Gasteiger partial charge in [0.25, 0.3) is 0 Å². The molecule has 1 N–H and O–H groups in total. The Kier molecular flexibility index (Phi) is 4.25. The third-order valence-corrected chi connectivity index (χ3v) is 7.94. The van der Waals surface area contributed by atoms with E-state index in [9.17, 15) is 16.8 Å². The molecule has 0 aromatic carbocycles. The van der Waals surface area contributed by atoms with E-state index in [2.05, 4.69) is 5.32 Å². The molecule has 0 aromatic heterocycles. The molecule has 0 bridgehead atoms. The summed E-state index contributed by atoms with van der Waals surface area (Å²) in [5.74, 6) is 0.0394. The number of nitrogens with one attached hydrogen (secondary N) is 1. The van der Waals surface area contributed by atoms with Crippen molar-refractivity contribution in [1.82, 2.24) is 9.62 Å². The topological polar surface area (TPSA) is 83.6 Å². The summed E-state index contributed by atoms with van der Waals surface area (Å²) < 4.78 is 48.8. The fourth-order valence-corrected chi connectivity index (χ4v) is 5.62. The van der Waals surface area contributed by atoms with E-state index in [0.29, 0.717) is 19.0 Å². The van der Waals surface area contributed by atoms with Gasteiger partial charge >= 0.3 is 0 Å². The van der Waals surface area contributed by atoms with Gasteiger partial charge in [0.05, 0.1) is 16.8 Å². The zero-order valence-electron chi connectivity index (χ0n) is 11.4. The number of hydrogen-bond donors (Lipinski definition) is 1. The van der Waals surface area contributed by atoms with Crippen LogP contribution in [0.5, 0.6) is 0 Å². The summed E-state index contributed by atoms with van der Waals surface area (Å²) in [6, 6.07) is 0.0631. The summed E-state index contributed by atoms with van der Waals surface area (Å²) in [6.45, 7) is 2.10. The van der Waals surface area contributed by atoms with Crippen LogP contribution in [0.2, 0.25) is 0 Å². The molecule has 1 heterocycles. The average molecular weight is 310 g/mol. The normalized spacial score (nSPS) is 28.7. The predicted octanol–water partition coefficient (Wildman–Crippen LogP) is -0.424. The Balaban J connectivity index is 1.97. The van der Waals surface area contributed by atoms with E-state index in [0.717, 1.165) is 12.8 Å². The van der Waals surface area contributed by atoms with E-state index >= 15 is 0 Å². The molecule has 2 atom stereocenters.